The average molecular weight is 1130 g/mol. The van der Waals surface area contributed by atoms with Gasteiger partial charge in [0.1, 0.15) is 63.8 Å². The van der Waals surface area contributed by atoms with Crippen LogP contribution in [0.25, 0.3) is 0 Å². The van der Waals surface area contributed by atoms with Gasteiger partial charge in [-0.05, 0) is 95.1 Å². The number of fused-ring (bicyclic) bond motifs is 2. The molecule has 0 aliphatic carbocycles. The van der Waals surface area contributed by atoms with Crippen LogP contribution in [0, 0.1) is 0 Å². The van der Waals surface area contributed by atoms with Gasteiger partial charge in [-0.2, -0.15) is 0 Å². The number of hydrogen-bond acceptors (Lipinski definition) is 16. The number of aliphatic hydroxyl groups is 2. The molecule has 6 aromatic rings. The first-order chi connectivity index (χ1) is 37.6. The van der Waals surface area contributed by atoms with Crippen molar-refractivity contribution in [2.75, 3.05) is 119 Å². The maximum atomic E-state index is 12.5. The van der Waals surface area contributed by atoms with Crippen LogP contribution >= 0.6 is 34.8 Å². The van der Waals surface area contributed by atoms with E-state index in [4.69, 9.17) is 96.4 Å². The molecule has 0 aromatic heterocycles. The number of halogens is 3. The molecule has 0 saturated heterocycles. The number of alkyl halides is 3. The minimum absolute atomic E-state index is 0.112. The van der Waals surface area contributed by atoms with Crippen LogP contribution in [0.2, 0.25) is 0 Å². The molecule has 77 heavy (non-hydrogen) atoms. The molecule has 6 aromatic carbocycles. The fraction of sp³-hybridized carbons (Fsp3) is 0.379. The SMILES string of the molecule is COCOc1ccc(C2COc3cc(OCOC)ccc3C2(O)c2ccc(O)cc2)cc1.COCOc1ccc(C2COc3cc(OCOC)ccc3C2(O)c2ccc(OCCOCCCl)cc2)cc1.ClCCOCCCl. The van der Waals surface area contributed by atoms with Gasteiger partial charge >= 0.3 is 0 Å². The molecule has 4 atom stereocenters. The fourth-order valence-electron chi connectivity index (χ4n) is 8.61. The first-order valence-electron chi connectivity index (χ1n) is 24.6. The summed E-state index contributed by atoms with van der Waals surface area (Å²) in [5.41, 5.74) is 1.62. The highest BCUT2D eigenvalue weighted by Crippen LogP contribution is 2.52. The summed E-state index contributed by atoms with van der Waals surface area (Å²) < 4.78 is 70.3. The van der Waals surface area contributed by atoms with Crippen molar-refractivity contribution in [2.45, 2.75) is 23.0 Å². The van der Waals surface area contributed by atoms with Gasteiger partial charge in [0.25, 0.3) is 0 Å². The van der Waals surface area contributed by atoms with Gasteiger partial charge in [0.15, 0.2) is 27.2 Å². The molecular formula is C58H67Cl3O16. The van der Waals surface area contributed by atoms with Crippen LogP contribution in [0.3, 0.4) is 0 Å². The Morgan fingerprint density at radius 1 is 0.429 bits per heavy atom. The Bertz CT molecular complexity index is 2620. The summed E-state index contributed by atoms with van der Waals surface area (Å²) in [4.78, 5) is 0. The van der Waals surface area contributed by atoms with Crippen molar-refractivity contribution in [3.8, 4) is 46.0 Å². The predicted molar refractivity (Wildman–Crippen MR) is 292 cm³/mol. The van der Waals surface area contributed by atoms with Crippen LogP contribution in [0.1, 0.15) is 45.2 Å². The molecule has 16 nitrogen and oxygen atoms in total. The van der Waals surface area contributed by atoms with E-state index in [1.165, 1.54) is 0 Å². The molecule has 19 heteroatoms. The van der Waals surface area contributed by atoms with Gasteiger partial charge in [0, 0.05) is 69.3 Å². The Kier molecular flexibility index (Phi) is 24.8. The lowest BCUT2D eigenvalue weighted by atomic mass is 9.71. The van der Waals surface area contributed by atoms with E-state index in [1.54, 1.807) is 83.0 Å². The Hall–Kier alpha value is -5.73. The maximum Gasteiger partial charge on any atom is 0.188 e. The third-order valence-corrected chi connectivity index (χ3v) is 12.7. The summed E-state index contributed by atoms with van der Waals surface area (Å²) in [5.74, 6) is 5.16. The number of phenolic OH excluding ortho intramolecular Hbond substituents is 1. The van der Waals surface area contributed by atoms with Crippen molar-refractivity contribution in [1.82, 2.24) is 0 Å². The van der Waals surface area contributed by atoms with Crippen molar-refractivity contribution in [2.24, 2.45) is 0 Å². The molecule has 8 rings (SSSR count). The van der Waals surface area contributed by atoms with Crippen LogP contribution < -0.4 is 33.2 Å². The molecule has 0 saturated carbocycles. The van der Waals surface area contributed by atoms with Gasteiger partial charge in [-0.25, -0.2) is 0 Å². The van der Waals surface area contributed by atoms with E-state index >= 15 is 0 Å². The normalized spacial score (nSPS) is 18.1. The third kappa shape index (κ3) is 16.4. The number of methoxy groups -OCH3 is 4. The molecule has 4 unspecified atom stereocenters. The first kappa shape index (κ1) is 60.5. The Labute approximate surface area is 465 Å². The average Bonchev–Trinajstić information content (AvgIpc) is 3.59. The number of aromatic hydroxyl groups is 1. The zero-order chi connectivity index (χ0) is 54.9. The lowest BCUT2D eigenvalue weighted by Crippen LogP contribution is -2.41. The number of hydrogen-bond donors (Lipinski definition) is 3. The maximum absolute atomic E-state index is 12.5. The number of phenols is 1. The molecule has 2 aliphatic rings. The summed E-state index contributed by atoms with van der Waals surface area (Å²) in [6, 6.07) is 39.8. The number of benzene rings is 6. The molecule has 3 N–H and O–H groups in total. The summed E-state index contributed by atoms with van der Waals surface area (Å²) in [7, 11) is 6.25. The molecular weight excluding hydrogens is 1060 g/mol. The minimum Gasteiger partial charge on any atom is -0.508 e. The Balaban J connectivity index is 0.000000224. The smallest absolute Gasteiger partial charge is 0.188 e. The Morgan fingerprint density at radius 3 is 1.16 bits per heavy atom. The van der Waals surface area contributed by atoms with Gasteiger partial charge in [-0.15, -0.1) is 34.8 Å². The third-order valence-electron chi connectivity index (χ3n) is 12.2. The van der Waals surface area contributed by atoms with Crippen LogP contribution in [0.5, 0.6) is 46.0 Å². The molecule has 0 spiro atoms. The minimum atomic E-state index is -1.39. The van der Waals surface area contributed by atoms with Crippen LogP contribution in [-0.4, -0.2) is 135 Å². The van der Waals surface area contributed by atoms with E-state index in [1.807, 2.05) is 78.9 Å². The summed E-state index contributed by atoms with van der Waals surface area (Å²) in [5, 5.41) is 34.5. The second-order valence-electron chi connectivity index (χ2n) is 17.1. The lowest BCUT2D eigenvalue weighted by Gasteiger charge is -2.42. The van der Waals surface area contributed by atoms with E-state index in [0.717, 1.165) is 11.1 Å². The molecule has 0 radical (unpaired) electrons. The molecule has 416 valence electrons. The van der Waals surface area contributed by atoms with E-state index < -0.39 is 23.0 Å². The van der Waals surface area contributed by atoms with Crippen LogP contribution in [0.4, 0.5) is 0 Å². The Morgan fingerprint density at radius 2 is 0.766 bits per heavy atom. The van der Waals surface area contributed by atoms with Gasteiger partial charge in [-0.3, -0.25) is 0 Å². The van der Waals surface area contributed by atoms with E-state index in [-0.39, 0.29) is 46.1 Å². The second kappa shape index (κ2) is 31.6. The van der Waals surface area contributed by atoms with Gasteiger partial charge in [-0.1, -0.05) is 48.5 Å². The molecule has 0 bridgehead atoms. The van der Waals surface area contributed by atoms with Gasteiger partial charge in [0.2, 0.25) is 0 Å². The second-order valence-corrected chi connectivity index (χ2v) is 18.3. The lowest BCUT2D eigenvalue weighted by molar-refractivity contribution is 0.00951. The van der Waals surface area contributed by atoms with Crippen LogP contribution in [0.15, 0.2) is 133 Å². The van der Waals surface area contributed by atoms with E-state index in [9.17, 15) is 15.3 Å². The van der Waals surface area contributed by atoms with Gasteiger partial charge in [0.05, 0.1) is 51.5 Å². The highest BCUT2D eigenvalue weighted by atomic mass is 35.5. The van der Waals surface area contributed by atoms with Crippen LogP contribution in [-0.2, 0) is 39.6 Å². The first-order valence-corrected chi connectivity index (χ1v) is 26.2. The topological polar surface area (TPSA) is 181 Å². The van der Waals surface area contributed by atoms with Gasteiger partial charge < -0.3 is 76.9 Å². The number of rotatable bonds is 26. The van der Waals surface area contributed by atoms with Crippen molar-refractivity contribution in [1.29, 1.82) is 0 Å². The largest absolute Gasteiger partial charge is 0.508 e. The van der Waals surface area contributed by atoms with E-state index in [0.29, 0.717) is 113 Å². The van der Waals surface area contributed by atoms with Crippen molar-refractivity contribution in [3.05, 3.63) is 167 Å². The summed E-state index contributed by atoms with van der Waals surface area (Å²) in [6.07, 6.45) is 0. The fourth-order valence-corrected chi connectivity index (χ4v) is 8.94. The molecule has 0 amide bonds. The van der Waals surface area contributed by atoms with Crippen molar-refractivity contribution < 1.29 is 76.9 Å². The number of ether oxygens (including phenoxy) is 13. The monoisotopic (exact) mass is 1120 g/mol. The highest BCUT2D eigenvalue weighted by molar-refractivity contribution is 6.18. The summed E-state index contributed by atoms with van der Waals surface area (Å²) in [6.45, 7) is 3.59. The molecule has 2 heterocycles. The zero-order valence-electron chi connectivity index (χ0n) is 43.5. The zero-order valence-corrected chi connectivity index (χ0v) is 45.8. The predicted octanol–water partition coefficient (Wildman–Crippen LogP) is 9.95. The molecule has 0 fully saturated rings. The highest BCUT2D eigenvalue weighted by Gasteiger charge is 2.48. The van der Waals surface area contributed by atoms with Crippen molar-refractivity contribution in [3.63, 3.8) is 0 Å². The van der Waals surface area contributed by atoms with Crippen molar-refractivity contribution >= 4 is 34.8 Å². The standard InChI is InChI=1S/C29H33ClO8.C25H26O7.C4H8Cl2O/c1-32-19-37-24-7-3-21(4-8-24)27-18-36-28-17-25(38-20-33-2)11-12-26(28)29(27,31)22-5-9-23(10-6-22)35-16-15-34-14-13-30;1-28-15-31-20-9-3-17(4-10-20)23-14-30-24-13-21(32-16-29-2)11-12-22(24)25(23,27)18-5-7-19(26)8-6-18;5-1-3-7-4-2-6/h3-12,17,27,31H,13-16,18-20H2,1-2H3;3-13,23,26-27H,14-16H2,1-2H3;1-4H2. The van der Waals surface area contributed by atoms with E-state index in [2.05, 4.69) is 0 Å². The molecule has 2 aliphatic heterocycles. The quantitative estimate of drug-likeness (QED) is 0.0265. The summed E-state index contributed by atoms with van der Waals surface area (Å²) >= 11 is 16.2.